The maximum atomic E-state index is 11.0. The summed E-state index contributed by atoms with van der Waals surface area (Å²) in [5.74, 6) is 0.446. The minimum atomic E-state index is -0.388. The average Bonchev–Trinajstić information content (AvgIpc) is 2.25. The van der Waals surface area contributed by atoms with E-state index in [-0.39, 0.29) is 5.97 Å². The zero-order valence-electron chi connectivity index (χ0n) is 8.03. The molecule has 0 bridgehead atoms. The molecule has 0 aliphatic heterocycles. The molecule has 74 valence electrons. The predicted molar refractivity (Wildman–Crippen MR) is 58.3 cm³/mol. The third kappa shape index (κ3) is 4.08. The van der Waals surface area contributed by atoms with Gasteiger partial charge >= 0.3 is 5.97 Å². The van der Waals surface area contributed by atoms with Crippen LogP contribution in [0.5, 0.6) is 0 Å². The molecule has 0 saturated carbocycles. The Labute approximate surface area is 87.5 Å². The molecule has 2 nitrogen and oxygen atoms in total. The Morgan fingerprint density at radius 2 is 2.14 bits per heavy atom. The van der Waals surface area contributed by atoms with E-state index in [9.17, 15) is 4.79 Å². The van der Waals surface area contributed by atoms with Gasteiger partial charge in [0.05, 0.1) is 0 Å². The Morgan fingerprint density at radius 3 is 2.79 bits per heavy atom. The maximum absolute atomic E-state index is 11.0. The highest BCUT2D eigenvalue weighted by atomic mass is 32.1. The highest BCUT2D eigenvalue weighted by Crippen LogP contribution is 2.00. The molecule has 0 aromatic heterocycles. The van der Waals surface area contributed by atoms with Crippen LogP contribution in [-0.4, -0.2) is 11.7 Å². The first kappa shape index (κ1) is 10.8. The standard InChI is InChI=1S/C11H12O2S/c1-2-14-9-11(12)13-8-10-6-4-3-5-7-10/h3-7H,2,8H2,1H3. The summed E-state index contributed by atoms with van der Waals surface area (Å²) in [4.78, 5) is 11.0. The lowest BCUT2D eigenvalue weighted by molar-refractivity contribution is -0.137. The molecular formula is C11H12O2S. The van der Waals surface area contributed by atoms with E-state index in [1.807, 2.05) is 37.3 Å². The molecule has 1 rings (SSSR count). The Hall–Kier alpha value is -1.31. The van der Waals surface area contributed by atoms with Gasteiger partial charge in [-0.1, -0.05) is 37.3 Å². The smallest absolute Gasteiger partial charge is 0.386 e. The number of carbonyl (C=O) groups excluding carboxylic acids is 1. The molecule has 0 aliphatic rings. The van der Waals surface area contributed by atoms with E-state index >= 15 is 0 Å². The van der Waals surface area contributed by atoms with Crippen molar-refractivity contribution in [2.45, 2.75) is 13.5 Å². The molecule has 14 heavy (non-hydrogen) atoms. The van der Waals surface area contributed by atoms with Crippen molar-refractivity contribution < 1.29 is 9.53 Å². The van der Waals surface area contributed by atoms with Crippen LogP contribution in [0.2, 0.25) is 0 Å². The molecule has 0 amide bonds. The van der Waals surface area contributed by atoms with Crippen LogP contribution in [0.3, 0.4) is 0 Å². The van der Waals surface area contributed by atoms with Crippen LogP contribution in [0.4, 0.5) is 0 Å². The summed E-state index contributed by atoms with van der Waals surface area (Å²) in [6.07, 6.45) is 0. The lowest BCUT2D eigenvalue weighted by atomic mass is 10.2. The first-order chi connectivity index (χ1) is 6.83. The van der Waals surface area contributed by atoms with Crippen LogP contribution in [0.15, 0.2) is 30.3 Å². The molecular weight excluding hydrogens is 196 g/mol. The fraction of sp³-hybridized carbons (Fsp3) is 0.273. The SMILES string of the molecule is CCS#CC(=O)OCc1ccccc1. The molecule has 3 heteroatoms. The van der Waals surface area contributed by atoms with Gasteiger partial charge in [0, 0.05) is 10.9 Å². The molecule has 0 atom stereocenters. The Morgan fingerprint density at radius 1 is 1.43 bits per heavy atom. The lowest BCUT2D eigenvalue weighted by Gasteiger charge is -1.99. The topological polar surface area (TPSA) is 26.3 Å². The number of hydrogen-bond acceptors (Lipinski definition) is 2. The zero-order chi connectivity index (χ0) is 10.2. The normalized spacial score (nSPS) is 8.93. The molecule has 1 aromatic carbocycles. The van der Waals surface area contributed by atoms with E-state index in [0.29, 0.717) is 6.61 Å². The molecule has 0 fully saturated rings. The fourth-order valence-corrected chi connectivity index (χ4v) is 1.20. The summed E-state index contributed by atoms with van der Waals surface area (Å²) in [6, 6.07) is 9.59. The number of hydrogen-bond donors (Lipinski definition) is 0. The van der Waals surface area contributed by atoms with Gasteiger partial charge in [0.15, 0.2) is 0 Å². The van der Waals surface area contributed by atoms with E-state index in [4.69, 9.17) is 4.74 Å². The quantitative estimate of drug-likeness (QED) is 0.698. The first-order valence-electron chi connectivity index (χ1n) is 4.41. The molecule has 0 unspecified atom stereocenters. The van der Waals surface area contributed by atoms with Crippen molar-refractivity contribution in [1.82, 2.24) is 0 Å². The van der Waals surface area contributed by atoms with Crippen LogP contribution in [-0.2, 0) is 16.1 Å². The number of esters is 1. The lowest BCUT2D eigenvalue weighted by Crippen LogP contribution is -2.00. The van der Waals surface area contributed by atoms with Crippen LogP contribution < -0.4 is 0 Å². The van der Waals surface area contributed by atoms with Gasteiger partial charge in [-0.3, -0.25) is 0 Å². The third-order valence-corrected chi connectivity index (χ3v) is 2.11. The monoisotopic (exact) mass is 208 g/mol. The van der Waals surface area contributed by atoms with Gasteiger partial charge in [0.25, 0.3) is 0 Å². The predicted octanol–water partition coefficient (Wildman–Crippen LogP) is 2.44. The van der Waals surface area contributed by atoms with Crippen molar-refractivity contribution in [3.8, 4) is 5.18 Å². The number of ether oxygens (including phenoxy) is 1. The maximum Gasteiger partial charge on any atom is 0.386 e. The van der Waals surface area contributed by atoms with E-state index in [2.05, 4.69) is 5.18 Å². The van der Waals surface area contributed by atoms with Crippen molar-refractivity contribution in [3.05, 3.63) is 35.9 Å². The van der Waals surface area contributed by atoms with Gasteiger partial charge in [-0.05, 0) is 5.56 Å². The molecule has 0 saturated heterocycles. The molecule has 0 radical (unpaired) electrons. The van der Waals surface area contributed by atoms with Gasteiger partial charge in [0.2, 0.25) is 0 Å². The summed E-state index contributed by atoms with van der Waals surface area (Å²) in [7, 11) is 0. The second-order valence-corrected chi connectivity index (χ2v) is 3.67. The highest BCUT2D eigenvalue weighted by molar-refractivity contribution is 7.89. The van der Waals surface area contributed by atoms with Gasteiger partial charge in [-0.15, -0.1) is 11.2 Å². The van der Waals surface area contributed by atoms with Crippen LogP contribution in [0.1, 0.15) is 12.5 Å². The molecule has 0 N–H and O–H groups in total. The van der Waals surface area contributed by atoms with Gasteiger partial charge in [-0.2, -0.15) is 0 Å². The summed E-state index contributed by atoms with van der Waals surface area (Å²) in [5.41, 5.74) is 0.990. The van der Waals surface area contributed by atoms with Gasteiger partial charge in [-0.25, -0.2) is 4.79 Å². The number of benzene rings is 1. The average molecular weight is 208 g/mol. The molecule has 0 heterocycles. The van der Waals surface area contributed by atoms with Gasteiger partial charge in [0.1, 0.15) is 6.61 Å². The second kappa shape index (κ2) is 6.19. The number of rotatable bonds is 2. The fourth-order valence-electron chi connectivity index (χ4n) is 0.884. The molecule has 1 aromatic rings. The van der Waals surface area contributed by atoms with Crippen LogP contribution in [0, 0.1) is 5.18 Å². The largest absolute Gasteiger partial charge is 0.451 e. The molecule has 0 spiro atoms. The van der Waals surface area contributed by atoms with E-state index in [1.165, 1.54) is 11.2 Å². The van der Waals surface area contributed by atoms with Crippen LogP contribution in [0.25, 0.3) is 0 Å². The van der Waals surface area contributed by atoms with Crippen molar-refractivity contribution in [1.29, 1.82) is 0 Å². The van der Waals surface area contributed by atoms with Crippen molar-refractivity contribution in [2.75, 3.05) is 5.75 Å². The second-order valence-electron chi connectivity index (χ2n) is 2.60. The zero-order valence-corrected chi connectivity index (χ0v) is 8.84. The Bertz CT molecular complexity index is 349. The van der Waals surface area contributed by atoms with Crippen LogP contribution >= 0.6 is 11.2 Å². The van der Waals surface area contributed by atoms with E-state index < -0.39 is 0 Å². The van der Waals surface area contributed by atoms with E-state index in [1.54, 1.807) is 0 Å². The highest BCUT2D eigenvalue weighted by Gasteiger charge is 1.97. The Balaban J connectivity index is 2.38. The Kier molecular flexibility index (Phi) is 4.76. The number of carbonyl (C=O) groups is 1. The van der Waals surface area contributed by atoms with Crippen molar-refractivity contribution >= 4 is 17.1 Å². The van der Waals surface area contributed by atoms with Gasteiger partial charge < -0.3 is 4.74 Å². The minimum Gasteiger partial charge on any atom is -0.451 e. The first-order valence-corrected chi connectivity index (χ1v) is 5.40. The summed E-state index contributed by atoms with van der Waals surface area (Å²) in [6.45, 7) is 2.28. The van der Waals surface area contributed by atoms with E-state index in [0.717, 1.165) is 11.3 Å². The minimum absolute atomic E-state index is 0.316. The third-order valence-electron chi connectivity index (χ3n) is 1.51. The van der Waals surface area contributed by atoms with Crippen molar-refractivity contribution in [3.63, 3.8) is 0 Å². The summed E-state index contributed by atoms with van der Waals surface area (Å²) < 4.78 is 4.96. The summed E-state index contributed by atoms with van der Waals surface area (Å²) >= 11 is 1.33. The summed E-state index contributed by atoms with van der Waals surface area (Å²) in [5, 5.41) is 2.56. The molecule has 0 aliphatic carbocycles. The van der Waals surface area contributed by atoms with Crippen molar-refractivity contribution in [2.24, 2.45) is 0 Å².